The number of nitrogens with zero attached hydrogens (tertiary/aromatic N) is 4. The second kappa shape index (κ2) is 7.67. The summed E-state index contributed by atoms with van der Waals surface area (Å²) >= 11 is 7.09. The van der Waals surface area contributed by atoms with Crippen molar-refractivity contribution in [3.05, 3.63) is 53.2 Å². The Balaban J connectivity index is 1.62. The number of benzene rings is 1. The number of nitrogens with one attached hydrogen (secondary N) is 1. The van der Waals surface area contributed by atoms with Crippen molar-refractivity contribution >= 4 is 35.1 Å². The third-order valence-electron chi connectivity index (χ3n) is 3.47. The first-order chi connectivity index (χ1) is 12.0. The molecule has 0 atom stereocenters. The Morgan fingerprint density at radius 3 is 2.64 bits per heavy atom. The molecule has 0 aliphatic rings. The van der Waals surface area contributed by atoms with Gasteiger partial charge in [0.1, 0.15) is 5.82 Å². The van der Waals surface area contributed by atoms with Crippen LogP contribution in [0, 0.1) is 6.92 Å². The Morgan fingerprint density at radius 1 is 1.20 bits per heavy atom. The molecular weight excluding hydrogens is 358 g/mol. The van der Waals surface area contributed by atoms with Crippen LogP contribution in [-0.2, 0) is 11.8 Å². The van der Waals surface area contributed by atoms with Crippen molar-refractivity contribution in [3.63, 3.8) is 0 Å². The molecule has 1 N–H and O–H groups in total. The van der Waals surface area contributed by atoms with Crippen LogP contribution in [0.5, 0.6) is 0 Å². The average molecular weight is 374 g/mol. The highest BCUT2D eigenvalue weighted by atomic mass is 35.5. The summed E-state index contributed by atoms with van der Waals surface area (Å²) < 4.78 is 1.88. The molecule has 3 rings (SSSR count). The van der Waals surface area contributed by atoms with Gasteiger partial charge in [-0.15, -0.1) is 10.2 Å². The van der Waals surface area contributed by atoms with E-state index in [-0.39, 0.29) is 11.7 Å². The predicted octanol–water partition coefficient (Wildman–Crippen LogP) is 3.57. The fraction of sp³-hybridized carbons (Fsp3) is 0.176. The van der Waals surface area contributed by atoms with Crippen molar-refractivity contribution in [1.82, 2.24) is 19.7 Å². The molecule has 2 aromatic heterocycles. The molecular formula is C17H16ClN5OS. The summed E-state index contributed by atoms with van der Waals surface area (Å²) in [5.74, 6) is 1.28. The van der Waals surface area contributed by atoms with Gasteiger partial charge in [0, 0.05) is 18.8 Å². The average Bonchev–Trinajstić information content (AvgIpc) is 2.97. The Bertz CT molecular complexity index is 877. The van der Waals surface area contributed by atoms with Gasteiger partial charge in [0.15, 0.2) is 11.0 Å². The monoisotopic (exact) mass is 373 g/mol. The number of rotatable bonds is 5. The summed E-state index contributed by atoms with van der Waals surface area (Å²) in [5.41, 5.74) is 2.18. The highest BCUT2D eigenvalue weighted by Crippen LogP contribution is 2.23. The molecule has 25 heavy (non-hydrogen) atoms. The van der Waals surface area contributed by atoms with Gasteiger partial charge < -0.3 is 9.88 Å². The lowest BCUT2D eigenvalue weighted by Gasteiger charge is -2.05. The number of halogens is 1. The molecule has 3 aromatic rings. The molecule has 0 unspecified atom stereocenters. The summed E-state index contributed by atoms with van der Waals surface area (Å²) in [7, 11) is 1.89. The minimum atomic E-state index is -0.167. The highest BCUT2D eigenvalue weighted by molar-refractivity contribution is 7.99. The zero-order valence-electron chi connectivity index (χ0n) is 13.7. The van der Waals surface area contributed by atoms with E-state index < -0.39 is 0 Å². The lowest BCUT2D eigenvalue weighted by molar-refractivity contribution is -0.113. The Morgan fingerprint density at radius 2 is 1.96 bits per heavy atom. The van der Waals surface area contributed by atoms with Crippen LogP contribution in [0.4, 0.5) is 5.82 Å². The zero-order valence-corrected chi connectivity index (χ0v) is 15.3. The number of amides is 1. The molecule has 8 heteroatoms. The Labute approximate surface area is 154 Å². The van der Waals surface area contributed by atoms with E-state index in [1.54, 1.807) is 12.1 Å². The van der Waals surface area contributed by atoms with Gasteiger partial charge in [0.2, 0.25) is 5.91 Å². The molecule has 128 valence electrons. The number of aromatic nitrogens is 4. The number of carbonyl (C=O) groups is 1. The second-order valence-corrected chi connectivity index (χ2v) is 6.81. The van der Waals surface area contributed by atoms with Gasteiger partial charge in [0.25, 0.3) is 0 Å². The van der Waals surface area contributed by atoms with Crippen molar-refractivity contribution in [2.75, 3.05) is 11.1 Å². The van der Waals surface area contributed by atoms with Gasteiger partial charge in [-0.05, 0) is 19.1 Å². The van der Waals surface area contributed by atoms with Crippen molar-refractivity contribution < 1.29 is 4.79 Å². The molecule has 1 amide bonds. The quantitative estimate of drug-likeness (QED) is 0.692. The molecule has 0 aliphatic carbocycles. The number of hydrogen-bond acceptors (Lipinski definition) is 5. The van der Waals surface area contributed by atoms with Crippen LogP contribution >= 0.6 is 23.4 Å². The van der Waals surface area contributed by atoms with E-state index in [4.69, 9.17) is 11.6 Å². The Kier molecular flexibility index (Phi) is 5.35. The van der Waals surface area contributed by atoms with E-state index in [0.29, 0.717) is 16.0 Å². The lowest BCUT2D eigenvalue weighted by Crippen LogP contribution is -2.15. The van der Waals surface area contributed by atoms with E-state index in [9.17, 15) is 4.79 Å². The van der Waals surface area contributed by atoms with Crippen LogP contribution in [0.15, 0.2) is 47.8 Å². The first kappa shape index (κ1) is 17.4. The number of anilines is 1. The summed E-state index contributed by atoms with van der Waals surface area (Å²) in [4.78, 5) is 16.1. The molecule has 1 aromatic carbocycles. The molecule has 0 radical (unpaired) electrons. The maximum Gasteiger partial charge on any atom is 0.236 e. The van der Waals surface area contributed by atoms with Crippen LogP contribution in [0.25, 0.3) is 11.4 Å². The van der Waals surface area contributed by atoms with Gasteiger partial charge in [-0.1, -0.05) is 53.2 Å². The SMILES string of the molecule is Cc1ccc(-c2nnc(SCC(=O)Nc3ccc(Cl)cn3)n2C)cc1. The van der Waals surface area contributed by atoms with Gasteiger partial charge in [0.05, 0.1) is 10.8 Å². The van der Waals surface area contributed by atoms with Gasteiger partial charge >= 0.3 is 0 Å². The van der Waals surface area contributed by atoms with Gasteiger partial charge in [-0.3, -0.25) is 4.79 Å². The molecule has 0 saturated heterocycles. The number of thioether (sulfide) groups is 1. The van der Waals surface area contributed by atoms with Gasteiger partial charge in [-0.2, -0.15) is 0 Å². The number of pyridine rings is 1. The van der Waals surface area contributed by atoms with Crippen LogP contribution in [0.1, 0.15) is 5.56 Å². The van der Waals surface area contributed by atoms with Crippen LogP contribution in [0.2, 0.25) is 5.02 Å². The first-order valence-corrected chi connectivity index (χ1v) is 8.90. The molecule has 0 saturated carbocycles. The standard InChI is InChI=1S/C17H16ClN5OS/c1-11-3-5-12(6-4-11)16-21-22-17(23(16)2)25-10-15(24)20-14-8-7-13(18)9-19-14/h3-9H,10H2,1-2H3,(H,19,20,24). The molecule has 0 bridgehead atoms. The van der Waals surface area contributed by atoms with Crippen molar-refractivity contribution in [2.45, 2.75) is 12.1 Å². The van der Waals surface area contributed by atoms with Crippen LogP contribution in [0.3, 0.4) is 0 Å². The van der Waals surface area contributed by atoms with Crippen molar-refractivity contribution in [2.24, 2.45) is 7.05 Å². The summed E-state index contributed by atoms with van der Waals surface area (Å²) in [6.07, 6.45) is 1.49. The molecule has 2 heterocycles. The molecule has 0 spiro atoms. The normalized spacial score (nSPS) is 10.7. The molecule has 0 aliphatic heterocycles. The topological polar surface area (TPSA) is 72.7 Å². The summed E-state index contributed by atoms with van der Waals surface area (Å²) in [6, 6.07) is 11.4. The van der Waals surface area contributed by atoms with Crippen LogP contribution < -0.4 is 5.32 Å². The lowest BCUT2D eigenvalue weighted by atomic mass is 10.1. The highest BCUT2D eigenvalue weighted by Gasteiger charge is 2.13. The zero-order chi connectivity index (χ0) is 17.8. The fourth-order valence-corrected chi connectivity index (χ4v) is 2.98. The predicted molar refractivity (Wildman–Crippen MR) is 99.8 cm³/mol. The van der Waals surface area contributed by atoms with E-state index in [0.717, 1.165) is 11.4 Å². The van der Waals surface area contributed by atoms with E-state index >= 15 is 0 Å². The van der Waals surface area contributed by atoms with Crippen molar-refractivity contribution in [3.8, 4) is 11.4 Å². The maximum atomic E-state index is 12.0. The van der Waals surface area contributed by atoms with E-state index in [2.05, 4.69) is 20.5 Å². The molecule has 6 nitrogen and oxygen atoms in total. The largest absolute Gasteiger partial charge is 0.310 e. The van der Waals surface area contributed by atoms with Crippen LogP contribution in [-0.4, -0.2) is 31.4 Å². The Hall–Kier alpha value is -2.38. The molecule has 0 fully saturated rings. The first-order valence-electron chi connectivity index (χ1n) is 7.53. The van der Waals surface area contributed by atoms with Gasteiger partial charge in [-0.25, -0.2) is 4.98 Å². The minimum Gasteiger partial charge on any atom is -0.310 e. The fourth-order valence-electron chi connectivity index (χ4n) is 2.15. The van der Waals surface area contributed by atoms with E-state index in [1.165, 1.54) is 23.5 Å². The summed E-state index contributed by atoms with van der Waals surface area (Å²) in [5, 5.41) is 12.3. The second-order valence-electron chi connectivity index (χ2n) is 5.43. The maximum absolute atomic E-state index is 12.0. The van der Waals surface area contributed by atoms with E-state index in [1.807, 2.05) is 42.8 Å². The third kappa shape index (κ3) is 4.37. The number of hydrogen-bond donors (Lipinski definition) is 1. The number of carbonyl (C=O) groups excluding carboxylic acids is 1. The minimum absolute atomic E-state index is 0.167. The van der Waals surface area contributed by atoms with Crippen molar-refractivity contribution in [1.29, 1.82) is 0 Å². The smallest absolute Gasteiger partial charge is 0.236 e. The summed E-state index contributed by atoms with van der Waals surface area (Å²) in [6.45, 7) is 2.04. The number of aryl methyl sites for hydroxylation is 1. The third-order valence-corrected chi connectivity index (χ3v) is 4.72.